The van der Waals surface area contributed by atoms with Crippen molar-refractivity contribution in [1.29, 1.82) is 0 Å². The third-order valence-electron chi connectivity index (χ3n) is 3.30. The van der Waals surface area contributed by atoms with Crippen LogP contribution in [0.1, 0.15) is 17.4 Å². The average molecular weight is 267 g/mol. The molecule has 19 heavy (non-hydrogen) atoms. The Kier molecular flexibility index (Phi) is 3.84. The van der Waals surface area contributed by atoms with E-state index in [0.717, 1.165) is 0 Å². The number of aliphatic carboxylic acids is 1. The fourth-order valence-corrected chi connectivity index (χ4v) is 2.29. The molecule has 0 aliphatic carbocycles. The zero-order valence-corrected chi connectivity index (χ0v) is 10.9. The van der Waals surface area contributed by atoms with Crippen molar-refractivity contribution in [1.82, 2.24) is 14.7 Å². The molecule has 7 nitrogen and oxygen atoms in total. The maximum atomic E-state index is 12.3. The Balaban J connectivity index is 2.20. The van der Waals surface area contributed by atoms with E-state index < -0.39 is 17.9 Å². The van der Waals surface area contributed by atoms with Crippen LogP contribution in [0, 0.1) is 5.92 Å². The third-order valence-corrected chi connectivity index (χ3v) is 3.30. The lowest BCUT2D eigenvalue weighted by molar-refractivity contribution is -0.142. The van der Waals surface area contributed by atoms with E-state index in [2.05, 4.69) is 5.10 Å². The number of carboxylic acid groups (broad SMARTS) is 1. The predicted molar refractivity (Wildman–Crippen MR) is 65.7 cm³/mol. The Morgan fingerprint density at radius 3 is 2.84 bits per heavy atom. The molecular weight excluding hydrogens is 250 g/mol. The monoisotopic (exact) mass is 267 g/mol. The molecule has 1 aliphatic heterocycles. The second-order valence-electron chi connectivity index (χ2n) is 4.52. The Labute approximate surface area is 110 Å². The number of likely N-dealkylation sites (N-methyl/N-ethyl adjacent to an activating group) is 1. The number of ether oxygens (including phenoxy) is 1. The Morgan fingerprint density at radius 2 is 2.32 bits per heavy atom. The van der Waals surface area contributed by atoms with E-state index in [1.807, 2.05) is 6.92 Å². The number of aryl methyl sites for hydroxylation is 1. The van der Waals surface area contributed by atoms with Crippen molar-refractivity contribution in [3.63, 3.8) is 0 Å². The standard InChI is InChI=1S/C12H17N3O4/c1-3-15(10-7-19-6-8(10)12(17)18)11(16)9-4-5-14(2)13-9/h4-5,8,10H,3,6-7H2,1-2H3,(H,17,18). The van der Waals surface area contributed by atoms with E-state index in [9.17, 15) is 9.59 Å². The van der Waals surface area contributed by atoms with Crippen molar-refractivity contribution in [3.05, 3.63) is 18.0 Å². The summed E-state index contributed by atoms with van der Waals surface area (Å²) in [4.78, 5) is 25.0. The summed E-state index contributed by atoms with van der Waals surface area (Å²) >= 11 is 0. The van der Waals surface area contributed by atoms with Gasteiger partial charge in [0.05, 0.1) is 19.3 Å². The van der Waals surface area contributed by atoms with Crippen LogP contribution in [0.25, 0.3) is 0 Å². The fourth-order valence-electron chi connectivity index (χ4n) is 2.29. The van der Waals surface area contributed by atoms with Crippen molar-refractivity contribution >= 4 is 11.9 Å². The number of hydrogen-bond acceptors (Lipinski definition) is 4. The van der Waals surface area contributed by atoms with Crippen LogP contribution in [0.15, 0.2) is 12.3 Å². The maximum Gasteiger partial charge on any atom is 0.311 e. The Hall–Kier alpha value is -1.89. The highest BCUT2D eigenvalue weighted by molar-refractivity contribution is 5.92. The molecule has 2 rings (SSSR count). The van der Waals surface area contributed by atoms with Gasteiger partial charge in [-0.3, -0.25) is 14.3 Å². The van der Waals surface area contributed by atoms with Crippen LogP contribution < -0.4 is 0 Å². The lowest BCUT2D eigenvalue weighted by Crippen LogP contribution is -2.46. The Morgan fingerprint density at radius 1 is 1.58 bits per heavy atom. The summed E-state index contributed by atoms with van der Waals surface area (Å²) in [7, 11) is 1.73. The van der Waals surface area contributed by atoms with Gasteiger partial charge < -0.3 is 14.7 Å². The summed E-state index contributed by atoms with van der Waals surface area (Å²) < 4.78 is 6.75. The number of amides is 1. The average Bonchev–Trinajstić information content (AvgIpc) is 2.98. The normalized spacial score (nSPS) is 22.4. The van der Waals surface area contributed by atoms with Crippen molar-refractivity contribution < 1.29 is 19.4 Å². The van der Waals surface area contributed by atoms with Gasteiger partial charge in [-0.05, 0) is 13.0 Å². The minimum atomic E-state index is -0.935. The summed E-state index contributed by atoms with van der Waals surface area (Å²) in [6.07, 6.45) is 1.68. The van der Waals surface area contributed by atoms with Gasteiger partial charge in [0.2, 0.25) is 0 Å². The number of rotatable bonds is 4. The van der Waals surface area contributed by atoms with Crippen LogP contribution in [0.2, 0.25) is 0 Å². The largest absolute Gasteiger partial charge is 0.481 e. The van der Waals surface area contributed by atoms with E-state index in [4.69, 9.17) is 9.84 Å². The topological polar surface area (TPSA) is 84.7 Å². The number of nitrogens with zero attached hydrogens (tertiary/aromatic N) is 3. The molecule has 0 spiro atoms. The molecule has 2 unspecified atom stereocenters. The maximum absolute atomic E-state index is 12.3. The van der Waals surface area contributed by atoms with Crippen molar-refractivity contribution in [3.8, 4) is 0 Å². The molecule has 0 bridgehead atoms. The number of carbonyl (C=O) groups excluding carboxylic acids is 1. The van der Waals surface area contributed by atoms with Gasteiger partial charge >= 0.3 is 5.97 Å². The van der Waals surface area contributed by atoms with E-state index in [1.54, 1.807) is 24.0 Å². The first-order chi connectivity index (χ1) is 9.04. The third kappa shape index (κ3) is 2.60. The molecule has 0 radical (unpaired) electrons. The van der Waals surface area contributed by atoms with Crippen LogP contribution in [0.5, 0.6) is 0 Å². The summed E-state index contributed by atoms with van der Waals surface area (Å²) in [6.45, 7) is 2.64. The number of hydrogen-bond donors (Lipinski definition) is 1. The lowest BCUT2D eigenvalue weighted by atomic mass is 10.0. The second-order valence-corrected chi connectivity index (χ2v) is 4.52. The molecule has 2 atom stereocenters. The second kappa shape index (κ2) is 5.40. The van der Waals surface area contributed by atoms with Gasteiger partial charge in [0.15, 0.2) is 0 Å². The van der Waals surface area contributed by atoms with Gasteiger partial charge in [-0.25, -0.2) is 0 Å². The fraction of sp³-hybridized carbons (Fsp3) is 0.583. The van der Waals surface area contributed by atoms with Crippen molar-refractivity contribution in [2.75, 3.05) is 19.8 Å². The molecule has 104 valence electrons. The molecular formula is C12H17N3O4. The quantitative estimate of drug-likeness (QED) is 0.829. The highest BCUT2D eigenvalue weighted by Crippen LogP contribution is 2.21. The van der Waals surface area contributed by atoms with E-state index in [-0.39, 0.29) is 19.1 Å². The van der Waals surface area contributed by atoms with E-state index in [0.29, 0.717) is 12.2 Å². The summed E-state index contributed by atoms with van der Waals surface area (Å²) in [6, 6.07) is 1.19. The smallest absolute Gasteiger partial charge is 0.311 e. The molecule has 1 aliphatic rings. The SMILES string of the molecule is CCN(C(=O)c1ccn(C)n1)C1COCC1C(=O)O. The molecule has 1 N–H and O–H groups in total. The number of carbonyl (C=O) groups is 2. The minimum absolute atomic E-state index is 0.145. The van der Waals surface area contributed by atoms with Crippen LogP contribution in [0.3, 0.4) is 0 Å². The molecule has 7 heteroatoms. The van der Waals surface area contributed by atoms with Gasteiger partial charge in [0, 0.05) is 19.8 Å². The van der Waals surface area contributed by atoms with Gasteiger partial charge in [-0.2, -0.15) is 5.10 Å². The molecule has 1 fully saturated rings. The number of aromatic nitrogens is 2. The molecule has 1 amide bonds. The van der Waals surface area contributed by atoms with Crippen LogP contribution in [-0.4, -0.2) is 57.5 Å². The summed E-state index contributed by atoms with van der Waals surface area (Å²) in [5.41, 5.74) is 0.320. The molecule has 2 heterocycles. The first kappa shape index (κ1) is 13.5. The molecule has 0 aromatic carbocycles. The van der Waals surface area contributed by atoms with E-state index >= 15 is 0 Å². The number of carboxylic acids is 1. The first-order valence-corrected chi connectivity index (χ1v) is 6.15. The summed E-state index contributed by atoms with van der Waals surface area (Å²) in [5, 5.41) is 13.2. The Bertz CT molecular complexity index is 485. The highest BCUT2D eigenvalue weighted by atomic mass is 16.5. The first-order valence-electron chi connectivity index (χ1n) is 6.15. The molecule has 1 aromatic heterocycles. The highest BCUT2D eigenvalue weighted by Gasteiger charge is 2.40. The minimum Gasteiger partial charge on any atom is -0.481 e. The zero-order valence-electron chi connectivity index (χ0n) is 10.9. The van der Waals surface area contributed by atoms with Gasteiger partial charge in [0.25, 0.3) is 5.91 Å². The zero-order chi connectivity index (χ0) is 14.0. The van der Waals surface area contributed by atoms with Crippen LogP contribution in [-0.2, 0) is 16.6 Å². The van der Waals surface area contributed by atoms with Crippen LogP contribution in [0.4, 0.5) is 0 Å². The van der Waals surface area contributed by atoms with Gasteiger partial charge in [-0.1, -0.05) is 0 Å². The van der Waals surface area contributed by atoms with Gasteiger partial charge in [-0.15, -0.1) is 0 Å². The van der Waals surface area contributed by atoms with E-state index in [1.165, 1.54) is 4.90 Å². The van der Waals surface area contributed by atoms with Crippen molar-refractivity contribution in [2.24, 2.45) is 13.0 Å². The van der Waals surface area contributed by atoms with Crippen molar-refractivity contribution in [2.45, 2.75) is 13.0 Å². The lowest BCUT2D eigenvalue weighted by Gasteiger charge is -2.28. The van der Waals surface area contributed by atoms with Crippen LogP contribution >= 0.6 is 0 Å². The molecule has 0 saturated carbocycles. The van der Waals surface area contributed by atoms with Gasteiger partial charge in [0.1, 0.15) is 11.6 Å². The molecule has 1 saturated heterocycles. The summed E-state index contributed by atoms with van der Waals surface area (Å²) in [5.74, 6) is -1.87. The predicted octanol–water partition coefficient (Wildman–Crippen LogP) is -0.0182. The molecule has 1 aromatic rings.